The van der Waals surface area contributed by atoms with Crippen molar-refractivity contribution < 1.29 is 14.3 Å². The van der Waals surface area contributed by atoms with E-state index in [1.165, 1.54) is 6.07 Å². The number of halogens is 1. The molecule has 130 valence electrons. The predicted octanol–water partition coefficient (Wildman–Crippen LogP) is 2.96. The van der Waals surface area contributed by atoms with Crippen LogP contribution in [-0.4, -0.2) is 23.5 Å². The number of carbonyl (C=O) groups is 2. The highest BCUT2D eigenvalue weighted by atomic mass is 35.5. The van der Waals surface area contributed by atoms with Gasteiger partial charge >= 0.3 is 0 Å². The first-order valence-electron chi connectivity index (χ1n) is 7.36. The van der Waals surface area contributed by atoms with Crippen LogP contribution < -0.4 is 21.1 Å². The maximum absolute atomic E-state index is 12.3. The molecule has 0 saturated carbocycles. The standard InChI is InChI=1S/C17H16ClN3O3S/c1-2-24-14-8-7-10(9-12(14)18)16(23)21-17(25)20-13-6-4-3-5-11(13)15(19)22/h3-9H,2H2,1H3,(H2,19,22)(H2,20,21,23,25). The van der Waals surface area contributed by atoms with Crippen molar-refractivity contribution in [3.8, 4) is 5.75 Å². The number of primary amides is 1. The Morgan fingerprint density at radius 2 is 1.96 bits per heavy atom. The zero-order chi connectivity index (χ0) is 18.4. The van der Waals surface area contributed by atoms with E-state index in [1.807, 2.05) is 6.92 Å². The molecule has 6 nitrogen and oxygen atoms in total. The topological polar surface area (TPSA) is 93.4 Å². The lowest BCUT2D eigenvalue weighted by Gasteiger charge is -2.12. The molecule has 25 heavy (non-hydrogen) atoms. The number of thiocarbonyl (C=S) groups is 1. The van der Waals surface area contributed by atoms with Gasteiger partial charge in [-0.25, -0.2) is 0 Å². The predicted molar refractivity (Wildman–Crippen MR) is 101 cm³/mol. The van der Waals surface area contributed by atoms with E-state index in [0.717, 1.165) is 0 Å². The molecule has 0 radical (unpaired) electrons. The van der Waals surface area contributed by atoms with Crippen molar-refractivity contribution in [2.45, 2.75) is 6.92 Å². The third-order valence-corrected chi connectivity index (χ3v) is 3.66. The number of rotatable bonds is 5. The number of amides is 2. The van der Waals surface area contributed by atoms with Gasteiger partial charge in [-0.15, -0.1) is 0 Å². The van der Waals surface area contributed by atoms with Crippen molar-refractivity contribution in [2.24, 2.45) is 5.73 Å². The molecule has 2 rings (SSSR count). The van der Waals surface area contributed by atoms with Gasteiger partial charge in [-0.2, -0.15) is 0 Å². The molecule has 0 aliphatic heterocycles. The minimum atomic E-state index is -0.601. The highest BCUT2D eigenvalue weighted by molar-refractivity contribution is 7.80. The molecule has 2 aromatic carbocycles. The van der Waals surface area contributed by atoms with Crippen LogP contribution in [-0.2, 0) is 0 Å². The van der Waals surface area contributed by atoms with Crippen molar-refractivity contribution in [3.63, 3.8) is 0 Å². The number of hydrogen-bond donors (Lipinski definition) is 3. The first-order valence-corrected chi connectivity index (χ1v) is 8.14. The number of carbonyl (C=O) groups excluding carboxylic acids is 2. The Morgan fingerprint density at radius 3 is 2.60 bits per heavy atom. The normalized spacial score (nSPS) is 10.0. The highest BCUT2D eigenvalue weighted by Gasteiger charge is 2.13. The van der Waals surface area contributed by atoms with Crippen molar-refractivity contribution in [2.75, 3.05) is 11.9 Å². The van der Waals surface area contributed by atoms with Crippen LogP contribution in [0, 0.1) is 0 Å². The van der Waals surface area contributed by atoms with Crippen molar-refractivity contribution in [3.05, 3.63) is 58.6 Å². The second-order valence-electron chi connectivity index (χ2n) is 4.90. The van der Waals surface area contributed by atoms with E-state index in [-0.39, 0.29) is 10.7 Å². The fourth-order valence-electron chi connectivity index (χ4n) is 2.05. The smallest absolute Gasteiger partial charge is 0.257 e. The summed E-state index contributed by atoms with van der Waals surface area (Å²) in [6, 6.07) is 11.3. The molecular weight excluding hydrogens is 362 g/mol. The average molecular weight is 378 g/mol. The summed E-state index contributed by atoms with van der Waals surface area (Å²) in [7, 11) is 0. The summed E-state index contributed by atoms with van der Waals surface area (Å²) < 4.78 is 5.32. The van der Waals surface area contributed by atoms with E-state index in [1.54, 1.807) is 36.4 Å². The van der Waals surface area contributed by atoms with Crippen molar-refractivity contribution in [1.82, 2.24) is 5.32 Å². The van der Waals surface area contributed by atoms with Gasteiger partial charge < -0.3 is 15.8 Å². The molecule has 2 aromatic rings. The Balaban J connectivity index is 2.07. The van der Waals surface area contributed by atoms with Crippen LogP contribution in [0.2, 0.25) is 5.02 Å². The van der Waals surface area contributed by atoms with E-state index in [9.17, 15) is 9.59 Å². The highest BCUT2D eigenvalue weighted by Crippen LogP contribution is 2.25. The minimum Gasteiger partial charge on any atom is -0.492 e. The summed E-state index contributed by atoms with van der Waals surface area (Å²) in [6.45, 7) is 2.31. The fourth-order valence-corrected chi connectivity index (χ4v) is 2.49. The molecule has 2 amide bonds. The Labute approximate surface area is 155 Å². The van der Waals surface area contributed by atoms with Gasteiger partial charge in [-0.1, -0.05) is 23.7 Å². The monoisotopic (exact) mass is 377 g/mol. The number of para-hydroxylation sites is 1. The SMILES string of the molecule is CCOc1ccc(C(=O)NC(=S)Nc2ccccc2C(N)=O)cc1Cl. The lowest BCUT2D eigenvalue weighted by Crippen LogP contribution is -2.34. The van der Waals surface area contributed by atoms with Crippen LogP contribution in [0.3, 0.4) is 0 Å². The number of anilines is 1. The first-order chi connectivity index (χ1) is 11.9. The lowest BCUT2D eigenvalue weighted by atomic mass is 10.1. The summed E-state index contributed by atoms with van der Waals surface area (Å²) in [6.07, 6.45) is 0. The third-order valence-electron chi connectivity index (χ3n) is 3.16. The van der Waals surface area contributed by atoms with E-state index in [0.29, 0.717) is 28.6 Å². The zero-order valence-corrected chi connectivity index (χ0v) is 14.9. The van der Waals surface area contributed by atoms with Crippen LogP contribution >= 0.6 is 23.8 Å². The second-order valence-corrected chi connectivity index (χ2v) is 5.71. The minimum absolute atomic E-state index is 0.0312. The molecule has 0 bridgehead atoms. The van der Waals surface area contributed by atoms with Crippen molar-refractivity contribution in [1.29, 1.82) is 0 Å². The van der Waals surface area contributed by atoms with Gasteiger partial charge in [0.05, 0.1) is 22.9 Å². The molecule has 0 aliphatic rings. The van der Waals surface area contributed by atoms with Gasteiger partial charge in [0.25, 0.3) is 11.8 Å². The molecule has 0 atom stereocenters. The second kappa shape index (κ2) is 8.46. The molecule has 0 unspecified atom stereocenters. The van der Waals surface area contributed by atoms with Gasteiger partial charge in [0.1, 0.15) is 5.75 Å². The molecule has 0 aliphatic carbocycles. The van der Waals surface area contributed by atoms with Gasteiger partial charge in [-0.3, -0.25) is 14.9 Å². The first kappa shape index (κ1) is 18.7. The van der Waals surface area contributed by atoms with Gasteiger partial charge in [-0.05, 0) is 49.5 Å². The average Bonchev–Trinajstić information content (AvgIpc) is 2.57. The number of ether oxygens (including phenoxy) is 1. The van der Waals surface area contributed by atoms with Crippen molar-refractivity contribution >= 4 is 46.4 Å². The fraction of sp³-hybridized carbons (Fsp3) is 0.118. The maximum atomic E-state index is 12.3. The number of hydrogen-bond acceptors (Lipinski definition) is 4. The molecule has 4 N–H and O–H groups in total. The Hall–Kier alpha value is -2.64. The van der Waals surface area contributed by atoms with E-state index in [4.69, 9.17) is 34.3 Å². The maximum Gasteiger partial charge on any atom is 0.257 e. The summed E-state index contributed by atoms with van der Waals surface area (Å²) in [5.41, 5.74) is 6.30. The van der Waals surface area contributed by atoms with E-state index >= 15 is 0 Å². The van der Waals surface area contributed by atoms with Crippen LogP contribution in [0.4, 0.5) is 5.69 Å². The van der Waals surface area contributed by atoms with Gasteiger partial charge in [0, 0.05) is 5.56 Å². The van der Waals surface area contributed by atoms with Crippen LogP contribution in [0.15, 0.2) is 42.5 Å². The molecule has 0 fully saturated rings. The summed E-state index contributed by atoms with van der Waals surface area (Å²) in [5.74, 6) is -0.550. The zero-order valence-electron chi connectivity index (χ0n) is 13.3. The Morgan fingerprint density at radius 1 is 1.24 bits per heavy atom. The summed E-state index contributed by atoms with van der Waals surface area (Å²) in [5, 5.41) is 5.66. The molecule has 0 saturated heterocycles. The number of nitrogens with two attached hydrogens (primary N) is 1. The molecule has 0 aromatic heterocycles. The molecular formula is C17H16ClN3O3S. The Bertz CT molecular complexity index is 827. The Kier molecular flexibility index (Phi) is 6.32. The third kappa shape index (κ3) is 4.91. The summed E-state index contributed by atoms with van der Waals surface area (Å²) >= 11 is 11.2. The van der Waals surface area contributed by atoms with Crippen LogP contribution in [0.1, 0.15) is 27.6 Å². The summed E-state index contributed by atoms with van der Waals surface area (Å²) in [4.78, 5) is 23.7. The van der Waals surface area contributed by atoms with Crippen LogP contribution in [0.5, 0.6) is 5.75 Å². The van der Waals surface area contributed by atoms with E-state index in [2.05, 4.69) is 10.6 Å². The van der Waals surface area contributed by atoms with Gasteiger partial charge in [0.2, 0.25) is 0 Å². The molecule has 0 heterocycles. The van der Waals surface area contributed by atoms with Crippen LogP contribution in [0.25, 0.3) is 0 Å². The lowest BCUT2D eigenvalue weighted by molar-refractivity contribution is 0.0975. The largest absolute Gasteiger partial charge is 0.492 e. The number of benzene rings is 2. The molecule has 8 heteroatoms. The van der Waals surface area contributed by atoms with Gasteiger partial charge in [0.15, 0.2) is 5.11 Å². The van der Waals surface area contributed by atoms with E-state index < -0.39 is 11.8 Å². The quantitative estimate of drug-likeness (QED) is 0.696. The number of nitrogens with one attached hydrogen (secondary N) is 2. The molecule has 0 spiro atoms.